The van der Waals surface area contributed by atoms with Crippen molar-refractivity contribution in [1.29, 1.82) is 0 Å². The molecule has 6 nitrogen and oxygen atoms in total. The van der Waals surface area contributed by atoms with Crippen molar-refractivity contribution >= 4 is 17.7 Å². The fraction of sp³-hybridized carbons (Fsp3) is 0.722. The number of thioether (sulfide) groups is 1. The molecule has 1 rings (SSSR count). The van der Waals surface area contributed by atoms with Crippen LogP contribution in [0.5, 0.6) is 11.8 Å². The van der Waals surface area contributed by atoms with Gasteiger partial charge in [-0.2, -0.15) is 0 Å². The topological polar surface area (TPSA) is 94.7 Å². The van der Waals surface area contributed by atoms with Gasteiger partial charge in [0.2, 0.25) is 11.8 Å². The molecule has 25 heavy (non-hydrogen) atoms. The summed E-state index contributed by atoms with van der Waals surface area (Å²) < 4.78 is 1.52. The third kappa shape index (κ3) is 8.54. The Morgan fingerprint density at radius 3 is 2.56 bits per heavy atom. The third-order valence-electron chi connectivity index (χ3n) is 4.01. The highest BCUT2D eigenvalue weighted by Crippen LogP contribution is 2.35. The predicted molar refractivity (Wildman–Crippen MR) is 101 cm³/mol. The lowest BCUT2D eigenvalue weighted by Crippen LogP contribution is -2.24. The maximum atomic E-state index is 11.7. The van der Waals surface area contributed by atoms with E-state index in [2.05, 4.69) is 5.32 Å². The zero-order valence-corrected chi connectivity index (χ0v) is 16.0. The molecule has 0 unspecified atom stereocenters. The molecule has 0 aliphatic heterocycles. The maximum Gasteiger partial charge on any atom is 0.219 e. The van der Waals surface area contributed by atoms with Gasteiger partial charge in [0.15, 0.2) is 5.88 Å². The summed E-state index contributed by atoms with van der Waals surface area (Å²) in [7, 11) is 0. The highest BCUT2D eigenvalue weighted by atomic mass is 32.2. The van der Waals surface area contributed by atoms with Crippen LogP contribution in [0.4, 0.5) is 0 Å². The molecular weight excluding hydrogens is 340 g/mol. The number of amides is 1. The first kappa shape index (κ1) is 21.7. The SMILES string of the molecule is CCSc1cc(O)n(CCCCCC(=O)NCCCCCCO)c1O. The summed E-state index contributed by atoms with van der Waals surface area (Å²) in [5.41, 5.74) is 0. The third-order valence-corrected chi connectivity index (χ3v) is 4.91. The van der Waals surface area contributed by atoms with Gasteiger partial charge >= 0.3 is 0 Å². The van der Waals surface area contributed by atoms with E-state index < -0.39 is 0 Å². The number of hydrogen-bond acceptors (Lipinski definition) is 5. The van der Waals surface area contributed by atoms with Crippen LogP contribution in [0.25, 0.3) is 0 Å². The van der Waals surface area contributed by atoms with E-state index in [-0.39, 0.29) is 24.3 Å². The highest BCUT2D eigenvalue weighted by Gasteiger charge is 2.13. The van der Waals surface area contributed by atoms with E-state index in [0.717, 1.165) is 50.7 Å². The van der Waals surface area contributed by atoms with Gasteiger partial charge in [-0.25, -0.2) is 0 Å². The average Bonchev–Trinajstić information content (AvgIpc) is 2.85. The molecule has 0 radical (unpaired) electrons. The molecule has 0 atom stereocenters. The molecule has 1 aromatic rings. The normalized spacial score (nSPS) is 11.0. The number of rotatable bonds is 14. The molecule has 0 saturated carbocycles. The number of hydrogen-bond donors (Lipinski definition) is 4. The van der Waals surface area contributed by atoms with Gasteiger partial charge in [-0.3, -0.25) is 9.36 Å². The van der Waals surface area contributed by atoms with Crippen molar-refractivity contribution in [3.05, 3.63) is 6.07 Å². The first-order valence-corrected chi connectivity index (χ1v) is 10.2. The quantitative estimate of drug-likeness (QED) is 0.297. The number of aliphatic hydroxyl groups is 1. The van der Waals surface area contributed by atoms with E-state index in [1.54, 1.807) is 6.07 Å². The molecule has 0 aliphatic rings. The molecule has 4 N–H and O–H groups in total. The van der Waals surface area contributed by atoms with E-state index in [9.17, 15) is 15.0 Å². The number of aromatic hydroxyl groups is 2. The second-order valence-electron chi connectivity index (χ2n) is 6.07. The smallest absolute Gasteiger partial charge is 0.219 e. The number of nitrogens with zero attached hydrogens (tertiary/aromatic N) is 1. The Hall–Kier alpha value is -1.34. The zero-order chi connectivity index (χ0) is 18.5. The largest absolute Gasteiger partial charge is 0.494 e. The van der Waals surface area contributed by atoms with Crippen molar-refractivity contribution in [2.75, 3.05) is 18.9 Å². The van der Waals surface area contributed by atoms with Crippen LogP contribution in [-0.2, 0) is 11.3 Å². The lowest BCUT2D eigenvalue weighted by Gasteiger charge is -2.08. The Morgan fingerprint density at radius 2 is 1.84 bits per heavy atom. The molecule has 0 bridgehead atoms. The van der Waals surface area contributed by atoms with Gasteiger partial charge in [0, 0.05) is 32.2 Å². The molecule has 144 valence electrons. The maximum absolute atomic E-state index is 11.7. The Kier molecular flexibility index (Phi) is 11.2. The van der Waals surface area contributed by atoms with Gasteiger partial charge in [-0.15, -0.1) is 11.8 Å². The van der Waals surface area contributed by atoms with Gasteiger partial charge in [0.25, 0.3) is 0 Å². The molecule has 0 spiro atoms. The summed E-state index contributed by atoms with van der Waals surface area (Å²) in [4.78, 5) is 12.4. The average molecular weight is 373 g/mol. The van der Waals surface area contributed by atoms with Gasteiger partial charge in [-0.05, 0) is 31.4 Å². The second kappa shape index (κ2) is 12.9. The Bertz CT molecular complexity index is 506. The Morgan fingerprint density at radius 1 is 1.12 bits per heavy atom. The van der Waals surface area contributed by atoms with Crippen LogP contribution in [-0.4, -0.2) is 44.7 Å². The summed E-state index contributed by atoms with van der Waals surface area (Å²) >= 11 is 1.50. The van der Waals surface area contributed by atoms with E-state index in [1.807, 2.05) is 6.92 Å². The van der Waals surface area contributed by atoms with E-state index in [0.29, 0.717) is 24.4 Å². The van der Waals surface area contributed by atoms with Crippen molar-refractivity contribution in [2.45, 2.75) is 69.7 Å². The van der Waals surface area contributed by atoms with Crippen LogP contribution in [0.2, 0.25) is 0 Å². The first-order chi connectivity index (χ1) is 12.1. The molecule has 1 heterocycles. The molecule has 0 aromatic carbocycles. The standard InChI is InChI=1S/C18H32N2O4S/c1-2-25-15-14-17(23)20(18(15)24)12-8-5-6-10-16(22)19-11-7-3-4-9-13-21/h14,21,23-24H,2-13H2,1H3,(H,19,22). The van der Waals surface area contributed by atoms with E-state index in [4.69, 9.17) is 5.11 Å². The van der Waals surface area contributed by atoms with Crippen molar-refractivity contribution in [2.24, 2.45) is 0 Å². The number of carbonyl (C=O) groups excluding carboxylic acids is 1. The Labute approximate surface area is 154 Å². The van der Waals surface area contributed by atoms with Crippen LogP contribution in [0, 0.1) is 0 Å². The van der Waals surface area contributed by atoms with Gasteiger partial charge in [0.1, 0.15) is 0 Å². The molecule has 0 saturated heterocycles. The van der Waals surface area contributed by atoms with Crippen molar-refractivity contribution < 1.29 is 20.1 Å². The number of carbonyl (C=O) groups is 1. The minimum absolute atomic E-state index is 0.0791. The van der Waals surface area contributed by atoms with Crippen LogP contribution in [0.3, 0.4) is 0 Å². The van der Waals surface area contributed by atoms with Crippen molar-refractivity contribution in [3.8, 4) is 11.8 Å². The number of unbranched alkanes of at least 4 members (excludes halogenated alkanes) is 5. The van der Waals surface area contributed by atoms with Crippen LogP contribution in [0.15, 0.2) is 11.0 Å². The molecular formula is C18H32N2O4S. The minimum atomic E-state index is 0.0791. The van der Waals surface area contributed by atoms with Gasteiger partial charge in [0.05, 0.1) is 4.90 Å². The highest BCUT2D eigenvalue weighted by molar-refractivity contribution is 7.99. The predicted octanol–water partition coefficient (Wildman–Crippen LogP) is 3.24. The summed E-state index contributed by atoms with van der Waals surface area (Å²) in [6.07, 6.45) is 6.81. The fourth-order valence-corrected chi connectivity index (χ4v) is 3.36. The Balaban J connectivity index is 2.11. The lowest BCUT2D eigenvalue weighted by molar-refractivity contribution is -0.121. The van der Waals surface area contributed by atoms with Crippen molar-refractivity contribution in [3.63, 3.8) is 0 Å². The number of nitrogens with one attached hydrogen (secondary N) is 1. The second-order valence-corrected chi connectivity index (χ2v) is 7.38. The zero-order valence-electron chi connectivity index (χ0n) is 15.2. The summed E-state index contributed by atoms with van der Waals surface area (Å²) in [6.45, 7) is 3.49. The summed E-state index contributed by atoms with van der Waals surface area (Å²) in [5, 5.41) is 31.5. The minimum Gasteiger partial charge on any atom is -0.494 e. The summed E-state index contributed by atoms with van der Waals surface area (Å²) in [5.74, 6) is 1.14. The van der Waals surface area contributed by atoms with Crippen molar-refractivity contribution in [1.82, 2.24) is 9.88 Å². The van der Waals surface area contributed by atoms with Crippen LogP contribution >= 0.6 is 11.8 Å². The molecule has 1 amide bonds. The molecule has 7 heteroatoms. The molecule has 0 aliphatic carbocycles. The number of aliphatic hydroxyl groups excluding tert-OH is 1. The van der Waals surface area contributed by atoms with Gasteiger partial charge < -0.3 is 20.6 Å². The van der Waals surface area contributed by atoms with Crippen LogP contribution in [0.1, 0.15) is 58.3 Å². The van der Waals surface area contributed by atoms with E-state index >= 15 is 0 Å². The first-order valence-electron chi connectivity index (χ1n) is 9.22. The summed E-state index contributed by atoms with van der Waals surface area (Å²) in [6, 6.07) is 1.59. The van der Waals surface area contributed by atoms with Gasteiger partial charge in [-0.1, -0.05) is 26.2 Å². The fourth-order valence-electron chi connectivity index (χ4n) is 2.62. The lowest BCUT2D eigenvalue weighted by atomic mass is 10.1. The monoisotopic (exact) mass is 372 g/mol. The van der Waals surface area contributed by atoms with E-state index in [1.165, 1.54) is 16.3 Å². The number of aromatic nitrogens is 1. The van der Waals surface area contributed by atoms with Crippen LogP contribution < -0.4 is 5.32 Å². The molecule has 1 aromatic heterocycles. The molecule has 0 fully saturated rings.